The van der Waals surface area contributed by atoms with Crippen molar-refractivity contribution in [3.63, 3.8) is 0 Å². The summed E-state index contributed by atoms with van der Waals surface area (Å²) in [4.78, 5) is 14.3. The van der Waals surface area contributed by atoms with Gasteiger partial charge in [-0.2, -0.15) is 0 Å². The van der Waals surface area contributed by atoms with Gasteiger partial charge in [-0.25, -0.2) is 4.79 Å². The van der Waals surface area contributed by atoms with Crippen LogP contribution in [0.1, 0.15) is 24.8 Å². The van der Waals surface area contributed by atoms with Crippen LogP contribution in [0, 0.1) is 5.92 Å². The maximum absolute atomic E-state index is 12.4. The van der Waals surface area contributed by atoms with Crippen molar-refractivity contribution in [1.82, 2.24) is 4.90 Å². The molecule has 1 N–H and O–H groups in total. The largest absolute Gasteiger partial charge is 0.497 e. The van der Waals surface area contributed by atoms with E-state index in [2.05, 4.69) is 35.6 Å². The quantitative estimate of drug-likeness (QED) is 0.867. The van der Waals surface area contributed by atoms with Crippen molar-refractivity contribution in [2.75, 3.05) is 25.5 Å². The molecule has 0 atom stereocenters. The number of rotatable bonds is 5. The van der Waals surface area contributed by atoms with Crippen LogP contribution in [0.5, 0.6) is 5.75 Å². The summed E-state index contributed by atoms with van der Waals surface area (Å²) in [5.74, 6) is 1.50. The molecule has 4 nitrogen and oxygen atoms in total. The molecule has 25 heavy (non-hydrogen) atoms. The highest BCUT2D eigenvalue weighted by molar-refractivity contribution is 5.89. The van der Waals surface area contributed by atoms with Gasteiger partial charge < -0.3 is 15.0 Å². The molecule has 0 bridgehead atoms. The molecule has 132 valence electrons. The predicted octanol–water partition coefficient (Wildman–Crippen LogP) is 4.57. The monoisotopic (exact) mass is 338 g/mol. The highest BCUT2D eigenvalue weighted by Gasteiger charge is 2.22. The van der Waals surface area contributed by atoms with Gasteiger partial charge in [-0.05, 0) is 61.4 Å². The maximum Gasteiger partial charge on any atom is 0.321 e. The normalized spacial score (nSPS) is 15.0. The fourth-order valence-electron chi connectivity index (χ4n) is 3.32. The zero-order chi connectivity index (χ0) is 17.5. The molecule has 1 fully saturated rings. The van der Waals surface area contributed by atoms with E-state index in [0.717, 1.165) is 43.8 Å². The van der Waals surface area contributed by atoms with Crippen LogP contribution in [-0.2, 0) is 6.42 Å². The van der Waals surface area contributed by atoms with Gasteiger partial charge in [0, 0.05) is 18.8 Å². The van der Waals surface area contributed by atoms with Gasteiger partial charge in [0.2, 0.25) is 0 Å². The van der Waals surface area contributed by atoms with Gasteiger partial charge in [0.25, 0.3) is 0 Å². The lowest BCUT2D eigenvalue weighted by atomic mass is 9.90. The number of nitrogens with zero attached hydrogens (tertiary/aromatic N) is 1. The summed E-state index contributed by atoms with van der Waals surface area (Å²) in [7, 11) is 1.63. The number of anilines is 1. The van der Waals surface area contributed by atoms with Crippen LogP contribution in [0.25, 0.3) is 0 Å². The van der Waals surface area contributed by atoms with E-state index in [1.807, 2.05) is 29.2 Å². The van der Waals surface area contributed by atoms with Crippen LogP contribution in [0.2, 0.25) is 0 Å². The molecule has 1 saturated heterocycles. The van der Waals surface area contributed by atoms with Crippen molar-refractivity contribution in [3.05, 3.63) is 60.2 Å². The van der Waals surface area contributed by atoms with E-state index >= 15 is 0 Å². The Balaban J connectivity index is 1.42. The van der Waals surface area contributed by atoms with Crippen molar-refractivity contribution < 1.29 is 9.53 Å². The molecular weight excluding hydrogens is 312 g/mol. The average Bonchev–Trinajstić information content (AvgIpc) is 2.68. The summed E-state index contributed by atoms with van der Waals surface area (Å²) < 4.78 is 5.13. The van der Waals surface area contributed by atoms with Gasteiger partial charge in [-0.3, -0.25) is 0 Å². The third-order valence-electron chi connectivity index (χ3n) is 4.93. The number of piperidine rings is 1. The first-order chi connectivity index (χ1) is 12.2. The van der Waals surface area contributed by atoms with Gasteiger partial charge in [0.05, 0.1) is 7.11 Å². The molecule has 1 heterocycles. The van der Waals surface area contributed by atoms with Gasteiger partial charge >= 0.3 is 6.03 Å². The van der Waals surface area contributed by atoms with Crippen LogP contribution in [0.15, 0.2) is 54.6 Å². The van der Waals surface area contributed by atoms with Gasteiger partial charge in [-0.1, -0.05) is 30.3 Å². The lowest BCUT2D eigenvalue weighted by Crippen LogP contribution is -2.41. The minimum Gasteiger partial charge on any atom is -0.497 e. The number of methoxy groups -OCH3 is 1. The van der Waals surface area contributed by atoms with Crippen molar-refractivity contribution in [2.24, 2.45) is 5.92 Å². The molecule has 0 radical (unpaired) electrons. The van der Waals surface area contributed by atoms with Crippen molar-refractivity contribution in [2.45, 2.75) is 25.7 Å². The lowest BCUT2D eigenvalue weighted by molar-refractivity contribution is 0.180. The first-order valence-corrected chi connectivity index (χ1v) is 8.98. The third-order valence-corrected chi connectivity index (χ3v) is 4.93. The molecule has 3 rings (SSSR count). The van der Waals surface area contributed by atoms with E-state index in [9.17, 15) is 4.79 Å². The Bertz CT molecular complexity index is 662. The highest BCUT2D eigenvalue weighted by atomic mass is 16.5. The average molecular weight is 338 g/mol. The minimum atomic E-state index is -0.00771. The second-order valence-electron chi connectivity index (χ2n) is 6.61. The molecule has 4 heteroatoms. The van der Waals surface area contributed by atoms with E-state index in [4.69, 9.17) is 4.74 Å². The highest BCUT2D eigenvalue weighted by Crippen LogP contribution is 2.23. The van der Waals surface area contributed by atoms with Crippen LogP contribution >= 0.6 is 0 Å². The Kier molecular flexibility index (Phi) is 5.94. The standard InChI is InChI=1S/C21H26N2O2/c1-25-20-11-9-19(10-12-20)22-21(24)23-15-13-18(14-16-23)8-7-17-5-3-2-4-6-17/h2-6,9-12,18H,7-8,13-16H2,1H3,(H,22,24). The van der Waals surface area contributed by atoms with Crippen molar-refractivity contribution in [3.8, 4) is 5.75 Å². The molecule has 0 spiro atoms. The summed E-state index contributed by atoms with van der Waals surface area (Å²) in [5, 5.41) is 2.97. The summed E-state index contributed by atoms with van der Waals surface area (Å²) in [5.41, 5.74) is 2.21. The summed E-state index contributed by atoms with van der Waals surface area (Å²) in [6.07, 6.45) is 4.51. The van der Waals surface area contributed by atoms with Crippen LogP contribution in [0.3, 0.4) is 0 Å². The molecule has 1 aliphatic heterocycles. The maximum atomic E-state index is 12.4. The van der Waals surface area contributed by atoms with E-state index in [1.54, 1.807) is 7.11 Å². The number of carbonyl (C=O) groups is 1. The van der Waals surface area contributed by atoms with E-state index in [1.165, 1.54) is 12.0 Å². The third kappa shape index (κ3) is 4.99. The topological polar surface area (TPSA) is 41.6 Å². The molecule has 0 aliphatic carbocycles. The van der Waals surface area contributed by atoms with Gasteiger partial charge in [0.1, 0.15) is 5.75 Å². The van der Waals surface area contributed by atoms with E-state index in [0.29, 0.717) is 5.92 Å². The molecule has 2 aromatic rings. The molecule has 0 unspecified atom stereocenters. The summed E-state index contributed by atoms with van der Waals surface area (Å²) >= 11 is 0. The molecule has 1 aliphatic rings. The second-order valence-corrected chi connectivity index (χ2v) is 6.61. The Labute approximate surface area is 149 Å². The number of ether oxygens (including phenoxy) is 1. The Morgan fingerprint density at radius 1 is 1.08 bits per heavy atom. The Morgan fingerprint density at radius 2 is 1.76 bits per heavy atom. The molecule has 0 aromatic heterocycles. The molecule has 2 aromatic carbocycles. The van der Waals surface area contributed by atoms with Crippen LogP contribution in [0.4, 0.5) is 10.5 Å². The van der Waals surface area contributed by atoms with Crippen LogP contribution < -0.4 is 10.1 Å². The molecular formula is C21H26N2O2. The fraction of sp³-hybridized carbons (Fsp3) is 0.381. The number of hydrogen-bond donors (Lipinski definition) is 1. The van der Waals surface area contributed by atoms with Gasteiger partial charge in [-0.15, -0.1) is 0 Å². The zero-order valence-electron chi connectivity index (χ0n) is 14.8. The number of urea groups is 1. The second kappa shape index (κ2) is 8.56. The lowest BCUT2D eigenvalue weighted by Gasteiger charge is -2.32. The molecule has 2 amide bonds. The number of amides is 2. The number of nitrogens with one attached hydrogen (secondary N) is 1. The Morgan fingerprint density at radius 3 is 2.40 bits per heavy atom. The molecule has 0 saturated carbocycles. The first-order valence-electron chi connectivity index (χ1n) is 8.98. The first kappa shape index (κ1) is 17.3. The summed E-state index contributed by atoms with van der Waals surface area (Å²) in [6.45, 7) is 1.67. The number of carbonyl (C=O) groups excluding carboxylic acids is 1. The van der Waals surface area contributed by atoms with Crippen LogP contribution in [-0.4, -0.2) is 31.1 Å². The number of benzene rings is 2. The number of likely N-dealkylation sites (tertiary alicyclic amines) is 1. The Hall–Kier alpha value is -2.49. The van der Waals surface area contributed by atoms with E-state index in [-0.39, 0.29) is 6.03 Å². The van der Waals surface area contributed by atoms with Crippen molar-refractivity contribution in [1.29, 1.82) is 0 Å². The van der Waals surface area contributed by atoms with Gasteiger partial charge in [0.15, 0.2) is 0 Å². The predicted molar refractivity (Wildman–Crippen MR) is 101 cm³/mol. The number of aryl methyl sites for hydroxylation is 1. The minimum absolute atomic E-state index is 0.00771. The SMILES string of the molecule is COc1ccc(NC(=O)N2CCC(CCc3ccccc3)CC2)cc1. The smallest absolute Gasteiger partial charge is 0.321 e. The van der Waals surface area contributed by atoms with Crippen molar-refractivity contribution >= 4 is 11.7 Å². The van der Waals surface area contributed by atoms with E-state index < -0.39 is 0 Å². The zero-order valence-corrected chi connectivity index (χ0v) is 14.8. The number of hydrogen-bond acceptors (Lipinski definition) is 2. The fourth-order valence-corrected chi connectivity index (χ4v) is 3.32. The summed E-state index contributed by atoms with van der Waals surface area (Å²) in [6, 6.07) is 18.1.